The van der Waals surface area contributed by atoms with Crippen LogP contribution in [0.3, 0.4) is 0 Å². The molecule has 1 aromatic carbocycles. The van der Waals surface area contributed by atoms with Gasteiger partial charge in [-0.3, -0.25) is 4.79 Å². The number of carbonyl (C=O) groups is 1. The Balaban J connectivity index is 2.02. The summed E-state index contributed by atoms with van der Waals surface area (Å²) >= 11 is 0. The number of nitrogens with two attached hydrogens (primary N) is 1. The van der Waals surface area contributed by atoms with Crippen molar-refractivity contribution in [3.63, 3.8) is 0 Å². The van der Waals surface area contributed by atoms with Gasteiger partial charge >= 0.3 is 0 Å². The number of amides is 1. The summed E-state index contributed by atoms with van der Waals surface area (Å²) in [4.78, 5) is 12.4. The number of benzene rings is 1. The molecule has 1 aliphatic carbocycles. The summed E-state index contributed by atoms with van der Waals surface area (Å²) in [6, 6.07) is 7.75. The van der Waals surface area contributed by atoms with E-state index in [1.807, 2.05) is 24.3 Å². The molecule has 2 fully saturated rings. The monoisotopic (exact) mass is 259 g/mol. The number of methoxy groups -OCH3 is 1. The zero-order valence-corrected chi connectivity index (χ0v) is 10.8. The first kappa shape index (κ1) is 12.0. The summed E-state index contributed by atoms with van der Waals surface area (Å²) in [5.74, 6) is 6.23. The summed E-state index contributed by atoms with van der Waals surface area (Å²) in [7, 11) is 1.63. The minimum atomic E-state index is -0.451. The second kappa shape index (κ2) is 4.26. The van der Waals surface area contributed by atoms with Gasteiger partial charge in [-0.25, -0.2) is 0 Å². The molecule has 1 aliphatic heterocycles. The predicted octanol–water partition coefficient (Wildman–Crippen LogP) is 0.930. The van der Waals surface area contributed by atoms with Gasteiger partial charge in [0.25, 0.3) is 0 Å². The van der Waals surface area contributed by atoms with Crippen LogP contribution < -0.4 is 15.9 Å². The van der Waals surface area contributed by atoms with E-state index in [-0.39, 0.29) is 11.9 Å². The van der Waals surface area contributed by atoms with Crippen LogP contribution in [-0.2, 0) is 10.2 Å². The highest BCUT2D eigenvalue weighted by Crippen LogP contribution is 2.43. The topological polar surface area (TPSA) is 76.7 Å². The van der Waals surface area contributed by atoms with Gasteiger partial charge in [-0.1, -0.05) is 12.1 Å². The first-order chi connectivity index (χ1) is 9.19. The van der Waals surface area contributed by atoms with Crippen molar-refractivity contribution >= 4 is 11.6 Å². The molecule has 2 aliphatic rings. The highest BCUT2D eigenvalue weighted by molar-refractivity contribution is 6.03. The minimum Gasteiger partial charge on any atom is -0.497 e. The van der Waals surface area contributed by atoms with Crippen molar-refractivity contribution in [1.29, 1.82) is 0 Å². The first-order valence-corrected chi connectivity index (χ1v) is 6.42. The second-order valence-corrected chi connectivity index (χ2v) is 5.16. The van der Waals surface area contributed by atoms with Crippen molar-refractivity contribution in [3.05, 3.63) is 29.8 Å². The van der Waals surface area contributed by atoms with E-state index in [9.17, 15) is 4.79 Å². The molecule has 2 bridgehead atoms. The van der Waals surface area contributed by atoms with Gasteiger partial charge < -0.3 is 15.9 Å². The van der Waals surface area contributed by atoms with E-state index < -0.39 is 5.41 Å². The fourth-order valence-corrected chi connectivity index (χ4v) is 3.19. The molecule has 3 rings (SSSR count). The zero-order chi connectivity index (χ0) is 13.5. The molecular formula is C14H17N3O2. The SMILES string of the molecule is COc1cccc(C23CCC(=NN)C(C2)NC3=O)c1. The van der Waals surface area contributed by atoms with E-state index in [1.54, 1.807) is 7.11 Å². The maximum Gasteiger partial charge on any atom is 0.231 e. The fraction of sp³-hybridized carbons (Fsp3) is 0.429. The van der Waals surface area contributed by atoms with Crippen LogP contribution in [-0.4, -0.2) is 24.8 Å². The van der Waals surface area contributed by atoms with Gasteiger partial charge in [0, 0.05) is 0 Å². The highest BCUT2D eigenvalue weighted by Gasteiger charge is 2.52. The smallest absolute Gasteiger partial charge is 0.231 e. The largest absolute Gasteiger partial charge is 0.497 e. The van der Waals surface area contributed by atoms with Crippen LogP contribution in [0, 0.1) is 0 Å². The molecule has 2 unspecified atom stereocenters. The van der Waals surface area contributed by atoms with Gasteiger partial charge in [0.1, 0.15) is 5.75 Å². The molecule has 3 N–H and O–H groups in total. The Hall–Kier alpha value is -2.04. The summed E-state index contributed by atoms with van der Waals surface area (Å²) in [6.07, 6.45) is 2.24. The third-order valence-corrected chi connectivity index (χ3v) is 4.29. The normalized spacial score (nSPS) is 31.3. The first-order valence-electron chi connectivity index (χ1n) is 6.42. The molecule has 0 spiro atoms. The molecular weight excluding hydrogens is 242 g/mol. The Kier molecular flexibility index (Phi) is 2.69. The average Bonchev–Trinajstić information content (AvgIpc) is 2.72. The Morgan fingerprint density at radius 2 is 2.37 bits per heavy atom. The van der Waals surface area contributed by atoms with Gasteiger partial charge in [0.2, 0.25) is 5.91 Å². The molecule has 1 saturated carbocycles. The third-order valence-electron chi connectivity index (χ3n) is 4.29. The van der Waals surface area contributed by atoms with E-state index in [1.165, 1.54) is 0 Å². The third kappa shape index (κ3) is 1.69. The van der Waals surface area contributed by atoms with Crippen LogP contribution in [0.15, 0.2) is 29.4 Å². The lowest BCUT2D eigenvalue weighted by molar-refractivity contribution is -0.124. The number of fused-ring (bicyclic) bond motifs is 2. The Morgan fingerprint density at radius 3 is 3.11 bits per heavy atom. The van der Waals surface area contributed by atoms with Crippen LogP contribution in [0.1, 0.15) is 24.8 Å². The molecule has 1 aromatic rings. The Morgan fingerprint density at radius 1 is 1.53 bits per heavy atom. The van der Waals surface area contributed by atoms with Crippen molar-refractivity contribution in [1.82, 2.24) is 5.32 Å². The van der Waals surface area contributed by atoms with Crippen LogP contribution in [0.2, 0.25) is 0 Å². The van der Waals surface area contributed by atoms with E-state index in [0.29, 0.717) is 0 Å². The number of hydrogen-bond acceptors (Lipinski definition) is 4. The number of nitrogens with zero attached hydrogens (tertiary/aromatic N) is 1. The standard InChI is InChI=1S/C14H17N3O2/c1-19-10-4-2-3-9(7-10)14-6-5-11(17-15)12(8-14)16-13(14)18/h2-4,7,12H,5-6,8,15H2,1H3,(H,16,18). The van der Waals surface area contributed by atoms with Gasteiger partial charge in [0.05, 0.1) is 24.3 Å². The van der Waals surface area contributed by atoms with E-state index in [2.05, 4.69) is 10.4 Å². The van der Waals surface area contributed by atoms with Crippen LogP contribution >= 0.6 is 0 Å². The molecule has 0 aromatic heterocycles. The minimum absolute atomic E-state index is 0.0162. The Labute approximate surface area is 111 Å². The lowest BCUT2D eigenvalue weighted by Crippen LogP contribution is -2.36. The number of nitrogens with one attached hydrogen (secondary N) is 1. The molecule has 0 radical (unpaired) electrons. The van der Waals surface area contributed by atoms with Crippen molar-refractivity contribution in [2.45, 2.75) is 30.7 Å². The number of rotatable bonds is 2. The molecule has 1 amide bonds. The van der Waals surface area contributed by atoms with Crippen molar-refractivity contribution in [2.75, 3.05) is 7.11 Å². The van der Waals surface area contributed by atoms with E-state index in [4.69, 9.17) is 10.6 Å². The van der Waals surface area contributed by atoms with Gasteiger partial charge in [-0.2, -0.15) is 5.10 Å². The van der Waals surface area contributed by atoms with Crippen LogP contribution in [0.4, 0.5) is 0 Å². The van der Waals surface area contributed by atoms with Crippen LogP contribution in [0.5, 0.6) is 5.75 Å². The molecule has 2 atom stereocenters. The Bertz CT molecular complexity index is 555. The highest BCUT2D eigenvalue weighted by atomic mass is 16.5. The zero-order valence-electron chi connectivity index (χ0n) is 10.8. The number of hydrogen-bond donors (Lipinski definition) is 2. The van der Waals surface area contributed by atoms with E-state index in [0.717, 1.165) is 36.3 Å². The van der Waals surface area contributed by atoms with Gasteiger partial charge in [0.15, 0.2) is 0 Å². The molecule has 19 heavy (non-hydrogen) atoms. The summed E-state index contributed by atoms with van der Waals surface area (Å²) < 4.78 is 5.25. The number of ether oxygens (including phenoxy) is 1. The molecule has 100 valence electrons. The predicted molar refractivity (Wildman–Crippen MR) is 72.1 cm³/mol. The summed E-state index contributed by atoms with van der Waals surface area (Å²) in [5, 5.41) is 6.80. The summed E-state index contributed by atoms with van der Waals surface area (Å²) in [5.41, 5.74) is 1.46. The number of hydrazone groups is 1. The van der Waals surface area contributed by atoms with Crippen molar-refractivity contribution in [3.8, 4) is 5.75 Å². The van der Waals surface area contributed by atoms with E-state index >= 15 is 0 Å². The van der Waals surface area contributed by atoms with Crippen LogP contribution in [0.25, 0.3) is 0 Å². The lowest BCUT2D eigenvalue weighted by Gasteiger charge is -2.30. The molecule has 1 saturated heterocycles. The van der Waals surface area contributed by atoms with Gasteiger partial charge in [-0.15, -0.1) is 0 Å². The second-order valence-electron chi connectivity index (χ2n) is 5.16. The summed E-state index contributed by atoms with van der Waals surface area (Å²) in [6.45, 7) is 0. The average molecular weight is 259 g/mol. The molecule has 5 heteroatoms. The van der Waals surface area contributed by atoms with Crippen molar-refractivity contribution in [2.24, 2.45) is 10.9 Å². The molecule has 5 nitrogen and oxygen atoms in total. The maximum atomic E-state index is 12.4. The quantitative estimate of drug-likeness (QED) is 0.612. The lowest BCUT2D eigenvalue weighted by atomic mass is 9.70. The van der Waals surface area contributed by atoms with Gasteiger partial charge in [-0.05, 0) is 37.0 Å². The fourth-order valence-electron chi connectivity index (χ4n) is 3.19. The molecule has 1 heterocycles. The van der Waals surface area contributed by atoms with Crippen molar-refractivity contribution < 1.29 is 9.53 Å². The number of carbonyl (C=O) groups excluding carboxylic acids is 1. The maximum absolute atomic E-state index is 12.4.